The summed E-state index contributed by atoms with van der Waals surface area (Å²) in [4.78, 5) is 4.65. The zero-order valence-corrected chi connectivity index (χ0v) is 19.7. The molecule has 0 spiro atoms. The van der Waals surface area contributed by atoms with Crippen LogP contribution in [0.2, 0.25) is 0 Å². The number of hydrogen-bond donors (Lipinski definition) is 0. The number of aryl methyl sites for hydroxylation is 1. The van der Waals surface area contributed by atoms with Crippen LogP contribution in [0.3, 0.4) is 0 Å². The molecular weight excluding hydrogens is 366 g/mol. The summed E-state index contributed by atoms with van der Waals surface area (Å²) in [6.45, 7) is 7.63. The van der Waals surface area contributed by atoms with Gasteiger partial charge in [0, 0.05) is 11.8 Å². The van der Waals surface area contributed by atoms with Gasteiger partial charge in [-0.25, -0.2) is 0 Å². The Morgan fingerprint density at radius 3 is 2.37 bits per heavy atom. The van der Waals surface area contributed by atoms with E-state index < -0.39 is 0 Å². The van der Waals surface area contributed by atoms with Gasteiger partial charge in [0.05, 0.1) is 12.3 Å². The van der Waals surface area contributed by atoms with Crippen molar-refractivity contribution >= 4 is 0 Å². The molecule has 0 aliphatic heterocycles. The van der Waals surface area contributed by atoms with E-state index in [4.69, 9.17) is 4.74 Å². The first-order valence-electron chi connectivity index (χ1n) is 12.4. The van der Waals surface area contributed by atoms with Gasteiger partial charge >= 0.3 is 0 Å². The first-order chi connectivity index (χ1) is 14.7. The van der Waals surface area contributed by atoms with E-state index in [0.717, 1.165) is 42.4 Å². The van der Waals surface area contributed by atoms with Crippen molar-refractivity contribution in [3.8, 4) is 17.0 Å². The van der Waals surface area contributed by atoms with E-state index >= 15 is 0 Å². The maximum atomic E-state index is 6.14. The lowest BCUT2D eigenvalue weighted by atomic mass is 10.0. The molecule has 166 valence electrons. The van der Waals surface area contributed by atoms with Gasteiger partial charge in [0.15, 0.2) is 0 Å². The topological polar surface area (TPSA) is 22.1 Å². The molecule has 1 aromatic carbocycles. The van der Waals surface area contributed by atoms with Crippen molar-refractivity contribution in [3.05, 3.63) is 48.2 Å². The molecule has 1 atom stereocenters. The number of unbranched alkanes of at least 4 members (excludes halogenated alkanes) is 7. The molecule has 0 amide bonds. The van der Waals surface area contributed by atoms with Crippen molar-refractivity contribution < 1.29 is 4.74 Å². The highest BCUT2D eigenvalue weighted by Gasteiger charge is 2.08. The molecule has 0 saturated heterocycles. The number of hydrogen-bond acceptors (Lipinski definition) is 2. The second kappa shape index (κ2) is 15.0. The van der Waals surface area contributed by atoms with Gasteiger partial charge in [-0.05, 0) is 61.4 Å². The van der Waals surface area contributed by atoms with Crippen LogP contribution in [-0.2, 0) is 6.42 Å². The highest BCUT2D eigenvalue weighted by Crippen LogP contribution is 2.29. The average molecular weight is 410 g/mol. The summed E-state index contributed by atoms with van der Waals surface area (Å²) in [5.74, 6) is 1.73. The zero-order valence-electron chi connectivity index (χ0n) is 19.7. The fourth-order valence-corrected chi connectivity index (χ4v) is 3.86. The average Bonchev–Trinajstić information content (AvgIpc) is 2.78. The molecular formula is C28H43NO. The highest BCUT2D eigenvalue weighted by molar-refractivity contribution is 5.67. The molecule has 2 rings (SSSR count). The minimum absolute atomic E-state index is 0.776. The van der Waals surface area contributed by atoms with Gasteiger partial charge in [-0.1, -0.05) is 84.3 Å². The molecule has 0 aliphatic rings. The third kappa shape index (κ3) is 9.32. The summed E-state index contributed by atoms with van der Waals surface area (Å²) in [6.07, 6.45) is 17.6. The van der Waals surface area contributed by atoms with E-state index in [2.05, 4.69) is 62.2 Å². The van der Waals surface area contributed by atoms with E-state index in [1.807, 2.05) is 6.20 Å². The number of ether oxygens (including phenoxy) is 1. The van der Waals surface area contributed by atoms with Crippen molar-refractivity contribution in [2.24, 2.45) is 5.92 Å². The molecule has 0 saturated carbocycles. The largest absolute Gasteiger partial charge is 0.493 e. The third-order valence-electron chi connectivity index (χ3n) is 6.10. The normalized spacial score (nSPS) is 12.1. The molecule has 0 fully saturated rings. The van der Waals surface area contributed by atoms with Gasteiger partial charge in [-0.15, -0.1) is 0 Å². The summed E-state index contributed by atoms with van der Waals surface area (Å²) in [7, 11) is 0. The number of rotatable bonds is 16. The molecule has 0 radical (unpaired) electrons. The van der Waals surface area contributed by atoms with Gasteiger partial charge in [-0.2, -0.15) is 0 Å². The molecule has 1 heterocycles. The maximum absolute atomic E-state index is 6.14. The maximum Gasteiger partial charge on any atom is 0.128 e. The van der Waals surface area contributed by atoms with Crippen molar-refractivity contribution in [3.63, 3.8) is 0 Å². The summed E-state index contributed by atoms with van der Waals surface area (Å²) < 4.78 is 6.14. The Balaban J connectivity index is 1.83. The van der Waals surface area contributed by atoms with Gasteiger partial charge in [0.2, 0.25) is 0 Å². The van der Waals surface area contributed by atoms with E-state index in [0.29, 0.717) is 0 Å². The number of para-hydroxylation sites is 1. The lowest BCUT2D eigenvalue weighted by Crippen LogP contribution is -2.02. The molecule has 1 unspecified atom stereocenters. The van der Waals surface area contributed by atoms with Crippen LogP contribution in [0.15, 0.2) is 42.6 Å². The molecule has 2 aromatic rings. The minimum atomic E-state index is 0.776. The van der Waals surface area contributed by atoms with Crippen molar-refractivity contribution in [2.75, 3.05) is 6.61 Å². The van der Waals surface area contributed by atoms with Crippen molar-refractivity contribution in [1.82, 2.24) is 4.98 Å². The van der Waals surface area contributed by atoms with Crippen LogP contribution in [0, 0.1) is 5.92 Å². The lowest BCUT2D eigenvalue weighted by Gasteiger charge is -2.13. The van der Waals surface area contributed by atoms with E-state index in [9.17, 15) is 0 Å². The van der Waals surface area contributed by atoms with Crippen LogP contribution in [-0.4, -0.2) is 11.6 Å². The molecule has 1 aromatic heterocycles. The van der Waals surface area contributed by atoms with Crippen molar-refractivity contribution in [1.29, 1.82) is 0 Å². The fraction of sp³-hybridized carbons (Fsp3) is 0.607. The predicted molar refractivity (Wildman–Crippen MR) is 130 cm³/mol. The molecule has 0 N–H and O–H groups in total. The minimum Gasteiger partial charge on any atom is -0.493 e. The predicted octanol–water partition coefficient (Wildman–Crippen LogP) is 8.64. The summed E-state index contributed by atoms with van der Waals surface area (Å²) in [6, 6.07) is 12.8. The van der Waals surface area contributed by atoms with Crippen LogP contribution >= 0.6 is 0 Å². The number of pyridine rings is 1. The Morgan fingerprint density at radius 1 is 0.867 bits per heavy atom. The van der Waals surface area contributed by atoms with Crippen LogP contribution < -0.4 is 4.74 Å². The first kappa shape index (κ1) is 24.4. The molecule has 2 heteroatoms. The Morgan fingerprint density at radius 2 is 1.60 bits per heavy atom. The van der Waals surface area contributed by atoms with Crippen LogP contribution in [0.1, 0.15) is 97.0 Å². The Hall–Kier alpha value is -1.83. The SMILES string of the molecule is CCCCCCCCCCc1ccnc(-c2ccccc2OCCCC(C)CC)c1. The fourth-order valence-electron chi connectivity index (χ4n) is 3.86. The second-order valence-electron chi connectivity index (χ2n) is 8.77. The van der Waals surface area contributed by atoms with Gasteiger partial charge < -0.3 is 4.74 Å². The first-order valence-corrected chi connectivity index (χ1v) is 12.4. The van der Waals surface area contributed by atoms with Gasteiger partial charge in [-0.3, -0.25) is 4.98 Å². The Labute approximate surface area is 185 Å². The molecule has 2 nitrogen and oxygen atoms in total. The third-order valence-corrected chi connectivity index (χ3v) is 6.10. The number of benzene rings is 1. The number of aromatic nitrogens is 1. The zero-order chi connectivity index (χ0) is 21.4. The highest BCUT2D eigenvalue weighted by atomic mass is 16.5. The van der Waals surface area contributed by atoms with Gasteiger partial charge in [0.25, 0.3) is 0 Å². The summed E-state index contributed by atoms with van der Waals surface area (Å²) in [5, 5.41) is 0. The van der Waals surface area contributed by atoms with E-state index in [-0.39, 0.29) is 0 Å². The lowest BCUT2D eigenvalue weighted by molar-refractivity contribution is 0.295. The quantitative estimate of drug-likeness (QED) is 0.259. The van der Waals surface area contributed by atoms with Crippen LogP contribution in [0.25, 0.3) is 11.3 Å². The molecule has 30 heavy (non-hydrogen) atoms. The smallest absolute Gasteiger partial charge is 0.128 e. The monoisotopic (exact) mass is 409 g/mol. The molecule has 0 aliphatic carbocycles. The Bertz CT molecular complexity index is 697. The summed E-state index contributed by atoms with van der Waals surface area (Å²) >= 11 is 0. The number of nitrogens with zero attached hydrogens (tertiary/aromatic N) is 1. The van der Waals surface area contributed by atoms with Crippen LogP contribution in [0.5, 0.6) is 5.75 Å². The van der Waals surface area contributed by atoms with Crippen molar-refractivity contribution in [2.45, 2.75) is 97.8 Å². The Kier molecular flexibility index (Phi) is 12.3. The van der Waals surface area contributed by atoms with Crippen LogP contribution in [0.4, 0.5) is 0 Å². The van der Waals surface area contributed by atoms with Gasteiger partial charge in [0.1, 0.15) is 5.75 Å². The standard InChI is InChI=1S/C28H43NO/c1-4-6-7-8-9-10-11-12-17-25-20-21-29-27(23-25)26-18-13-14-19-28(26)30-22-15-16-24(3)5-2/h13-14,18-21,23-24H,4-12,15-17,22H2,1-3H3. The van der Waals surface area contributed by atoms with E-state index in [1.165, 1.54) is 69.8 Å². The second-order valence-corrected chi connectivity index (χ2v) is 8.77. The van der Waals surface area contributed by atoms with E-state index in [1.54, 1.807) is 0 Å². The summed E-state index contributed by atoms with van der Waals surface area (Å²) in [5.41, 5.74) is 3.53. The molecule has 0 bridgehead atoms.